The lowest BCUT2D eigenvalue weighted by Crippen LogP contribution is -1.90. The zero-order valence-corrected chi connectivity index (χ0v) is 22.5. The van der Waals surface area contributed by atoms with Crippen molar-refractivity contribution in [1.29, 1.82) is 0 Å². The minimum atomic E-state index is 0.924. The number of hydrogen-bond donors (Lipinski definition) is 1. The lowest BCUT2D eigenvalue weighted by molar-refractivity contribution is 0.669. The molecule has 2 heteroatoms. The number of H-pyrrole nitrogens is 1. The van der Waals surface area contributed by atoms with Crippen LogP contribution in [-0.2, 0) is 0 Å². The van der Waals surface area contributed by atoms with Crippen LogP contribution in [0, 0.1) is 13.8 Å². The van der Waals surface area contributed by atoms with Gasteiger partial charge in [-0.3, -0.25) is 0 Å². The summed E-state index contributed by atoms with van der Waals surface area (Å²) in [5.74, 6) is 0. The molecule has 8 rings (SSSR count). The molecule has 0 amide bonds. The third kappa shape index (κ3) is 3.57. The van der Waals surface area contributed by atoms with Gasteiger partial charge in [0.25, 0.3) is 0 Å². The molecule has 6 aromatic carbocycles. The Balaban J connectivity index is 1.24. The van der Waals surface area contributed by atoms with Crippen molar-refractivity contribution in [2.45, 2.75) is 13.8 Å². The molecule has 0 aliphatic heterocycles. The van der Waals surface area contributed by atoms with Crippen molar-refractivity contribution in [2.75, 3.05) is 0 Å². The summed E-state index contributed by atoms with van der Waals surface area (Å²) in [6, 6.07) is 43.7. The molecule has 2 heterocycles. The molecule has 0 saturated carbocycles. The van der Waals surface area contributed by atoms with Gasteiger partial charge in [0, 0.05) is 32.6 Å². The Morgan fingerprint density at radius 2 is 0.950 bits per heavy atom. The molecule has 2 nitrogen and oxygen atoms in total. The van der Waals surface area contributed by atoms with Crippen LogP contribution in [0.15, 0.2) is 126 Å². The van der Waals surface area contributed by atoms with Crippen LogP contribution >= 0.6 is 0 Å². The van der Waals surface area contributed by atoms with E-state index >= 15 is 0 Å². The van der Waals surface area contributed by atoms with Crippen molar-refractivity contribution in [3.63, 3.8) is 0 Å². The molecule has 190 valence electrons. The van der Waals surface area contributed by atoms with E-state index in [9.17, 15) is 0 Å². The first-order chi connectivity index (χ1) is 19.6. The summed E-state index contributed by atoms with van der Waals surface area (Å²) in [6.45, 7) is 4.41. The number of para-hydroxylation sites is 2. The minimum Gasteiger partial charge on any atom is -0.456 e. The topological polar surface area (TPSA) is 28.9 Å². The fourth-order valence-corrected chi connectivity index (χ4v) is 6.12. The van der Waals surface area contributed by atoms with Crippen molar-refractivity contribution in [3.05, 3.63) is 132 Å². The monoisotopic (exact) mass is 513 g/mol. The number of benzene rings is 6. The maximum atomic E-state index is 6.07. The predicted molar refractivity (Wildman–Crippen MR) is 169 cm³/mol. The molecule has 0 radical (unpaired) electrons. The zero-order valence-electron chi connectivity index (χ0n) is 22.5. The van der Waals surface area contributed by atoms with E-state index in [4.69, 9.17) is 4.42 Å². The molecule has 0 aliphatic carbocycles. The number of hydrogen-bond acceptors (Lipinski definition) is 1. The summed E-state index contributed by atoms with van der Waals surface area (Å²) in [4.78, 5) is 3.55. The molecule has 2 aromatic heterocycles. The standard InChI is InChI=1S/C38H27NO/c1-23-11-13-25(27-15-17-36-33(21-27)29-7-3-5-9-35(29)39-36)19-31(23)32-20-26(14-12-24(32)2)28-16-18-38-34(22-28)30-8-4-6-10-37(30)40-38/h3-22,39H,1-2H3. The smallest absolute Gasteiger partial charge is 0.135 e. The Morgan fingerprint density at radius 1 is 0.425 bits per heavy atom. The van der Waals surface area contributed by atoms with E-state index in [-0.39, 0.29) is 0 Å². The Bertz CT molecular complexity index is 2080. The zero-order chi connectivity index (χ0) is 26.8. The first kappa shape index (κ1) is 22.9. The molecule has 8 aromatic rings. The van der Waals surface area contributed by atoms with E-state index in [0.29, 0.717) is 0 Å². The van der Waals surface area contributed by atoms with E-state index in [0.717, 1.165) is 21.9 Å². The van der Waals surface area contributed by atoms with Gasteiger partial charge in [-0.2, -0.15) is 0 Å². The molecule has 0 bridgehead atoms. The number of fused-ring (bicyclic) bond motifs is 6. The van der Waals surface area contributed by atoms with Crippen LogP contribution in [0.3, 0.4) is 0 Å². The molecule has 0 aliphatic rings. The number of aromatic nitrogens is 1. The maximum absolute atomic E-state index is 6.07. The molecule has 0 spiro atoms. The Hall–Kier alpha value is -5.08. The lowest BCUT2D eigenvalue weighted by atomic mass is 9.90. The molecule has 0 unspecified atom stereocenters. The SMILES string of the molecule is Cc1ccc(-c2ccc3[nH]c4ccccc4c3c2)cc1-c1cc(-c2ccc3oc4ccccc4c3c2)ccc1C. The molecule has 1 N–H and O–H groups in total. The van der Waals surface area contributed by atoms with Gasteiger partial charge in [-0.15, -0.1) is 0 Å². The molecule has 40 heavy (non-hydrogen) atoms. The molecule has 0 saturated heterocycles. The van der Waals surface area contributed by atoms with Crippen molar-refractivity contribution in [2.24, 2.45) is 0 Å². The normalized spacial score (nSPS) is 11.8. The third-order valence-corrected chi connectivity index (χ3v) is 8.31. The van der Waals surface area contributed by atoms with Gasteiger partial charge in [-0.05, 0) is 107 Å². The van der Waals surface area contributed by atoms with Gasteiger partial charge in [-0.1, -0.05) is 72.8 Å². The van der Waals surface area contributed by atoms with Crippen LogP contribution in [0.25, 0.3) is 77.1 Å². The summed E-state index contributed by atoms with van der Waals surface area (Å²) in [7, 11) is 0. The highest BCUT2D eigenvalue weighted by Gasteiger charge is 2.13. The van der Waals surface area contributed by atoms with Crippen molar-refractivity contribution in [1.82, 2.24) is 4.98 Å². The quantitative estimate of drug-likeness (QED) is 0.250. The summed E-state index contributed by atoms with van der Waals surface area (Å²) < 4.78 is 6.07. The Labute approximate surface area is 232 Å². The summed E-state index contributed by atoms with van der Waals surface area (Å²) >= 11 is 0. The second kappa shape index (κ2) is 8.72. The highest BCUT2D eigenvalue weighted by Crippen LogP contribution is 2.37. The van der Waals surface area contributed by atoms with E-state index in [1.807, 2.05) is 12.1 Å². The first-order valence-electron chi connectivity index (χ1n) is 13.8. The fourth-order valence-electron chi connectivity index (χ4n) is 6.12. The highest BCUT2D eigenvalue weighted by atomic mass is 16.3. The fraction of sp³-hybridized carbons (Fsp3) is 0.0526. The predicted octanol–water partition coefficient (Wildman–Crippen LogP) is 10.8. The number of aromatic amines is 1. The van der Waals surface area contributed by atoms with Crippen LogP contribution in [0.5, 0.6) is 0 Å². The van der Waals surface area contributed by atoms with Crippen LogP contribution < -0.4 is 0 Å². The van der Waals surface area contributed by atoms with Gasteiger partial charge in [-0.25, -0.2) is 0 Å². The van der Waals surface area contributed by atoms with Crippen molar-refractivity contribution < 1.29 is 4.42 Å². The van der Waals surface area contributed by atoms with E-state index < -0.39 is 0 Å². The second-order valence-corrected chi connectivity index (χ2v) is 10.8. The first-order valence-corrected chi connectivity index (χ1v) is 13.8. The number of aryl methyl sites for hydroxylation is 2. The summed E-state index contributed by atoms with van der Waals surface area (Å²) in [6.07, 6.45) is 0. The van der Waals surface area contributed by atoms with Crippen molar-refractivity contribution >= 4 is 43.7 Å². The lowest BCUT2D eigenvalue weighted by Gasteiger charge is -2.14. The van der Waals surface area contributed by atoms with Crippen LogP contribution in [0.1, 0.15) is 11.1 Å². The molecular weight excluding hydrogens is 486 g/mol. The average Bonchev–Trinajstić information content (AvgIpc) is 3.55. The van der Waals surface area contributed by atoms with Crippen molar-refractivity contribution in [3.8, 4) is 33.4 Å². The Kier molecular flexibility index (Phi) is 4.99. The summed E-state index contributed by atoms with van der Waals surface area (Å²) in [5, 5.41) is 4.83. The molecular formula is C38H27NO. The minimum absolute atomic E-state index is 0.924. The maximum Gasteiger partial charge on any atom is 0.135 e. The summed E-state index contributed by atoms with van der Waals surface area (Å²) in [5.41, 5.74) is 14.1. The number of nitrogens with one attached hydrogen (secondary N) is 1. The van der Waals surface area contributed by atoms with E-state index in [1.54, 1.807) is 0 Å². The van der Waals surface area contributed by atoms with E-state index in [1.165, 1.54) is 66.3 Å². The molecule has 0 atom stereocenters. The van der Waals surface area contributed by atoms with Gasteiger partial charge in [0.2, 0.25) is 0 Å². The molecule has 0 fully saturated rings. The average molecular weight is 514 g/mol. The van der Waals surface area contributed by atoms with Crippen LogP contribution in [0.2, 0.25) is 0 Å². The van der Waals surface area contributed by atoms with Gasteiger partial charge in [0.05, 0.1) is 0 Å². The number of rotatable bonds is 3. The van der Waals surface area contributed by atoms with Gasteiger partial charge in [0.1, 0.15) is 11.2 Å². The van der Waals surface area contributed by atoms with E-state index in [2.05, 4.69) is 128 Å². The second-order valence-electron chi connectivity index (χ2n) is 10.8. The van der Waals surface area contributed by atoms with Crippen LogP contribution in [-0.4, -0.2) is 4.98 Å². The van der Waals surface area contributed by atoms with Gasteiger partial charge in [0.15, 0.2) is 0 Å². The third-order valence-electron chi connectivity index (χ3n) is 8.31. The van der Waals surface area contributed by atoms with Gasteiger partial charge >= 0.3 is 0 Å². The largest absolute Gasteiger partial charge is 0.456 e. The van der Waals surface area contributed by atoms with Crippen LogP contribution in [0.4, 0.5) is 0 Å². The Morgan fingerprint density at radius 3 is 1.70 bits per heavy atom. The highest BCUT2D eigenvalue weighted by molar-refractivity contribution is 6.09. The number of furan rings is 1. The van der Waals surface area contributed by atoms with Gasteiger partial charge < -0.3 is 9.40 Å².